The lowest BCUT2D eigenvalue weighted by Crippen LogP contribution is -2.36. The van der Waals surface area contributed by atoms with Crippen LogP contribution in [0.15, 0.2) is 42.7 Å². The number of nitrogens with zero attached hydrogens (tertiary/aromatic N) is 2. The van der Waals surface area contributed by atoms with Crippen LogP contribution >= 0.6 is 0 Å². The Morgan fingerprint density at radius 3 is 3.10 bits per heavy atom. The van der Waals surface area contributed by atoms with Gasteiger partial charge in [-0.2, -0.15) is 5.10 Å². The van der Waals surface area contributed by atoms with Gasteiger partial charge in [0.15, 0.2) is 0 Å². The lowest BCUT2D eigenvalue weighted by atomic mass is 9.90. The number of amides is 1. The maximum Gasteiger partial charge on any atom is 0.225 e. The zero-order valence-corrected chi connectivity index (χ0v) is 12.1. The lowest BCUT2D eigenvalue weighted by Gasteiger charge is -2.27. The number of nitrogens with one attached hydrogen (secondary N) is 2. The Morgan fingerprint density at radius 1 is 1.43 bits per heavy atom. The minimum absolute atomic E-state index is 0.0974. The van der Waals surface area contributed by atoms with Crippen LogP contribution in [0.25, 0.3) is 0 Å². The molecule has 5 nitrogen and oxygen atoms in total. The molecule has 2 heterocycles. The predicted octanol–water partition coefficient (Wildman–Crippen LogP) is 1.99. The number of fused-ring (bicyclic) bond motifs is 1. The van der Waals surface area contributed by atoms with E-state index in [1.54, 1.807) is 6.20 Å². The van der Waals surface area contributed by atoms with Crippen LogP contribution < -0.4 is 10.6 Å². The third-order valence-corrected chi connectivity index (χ3v) is 3.84. The molecular formula is C16H20N4O. The van der Waals surface area contributed by atoms with E-state index in [-0.39, 0.29) is 11.8 Å². The molecule has 0 saturated carbocycles. The van der Waals surface area contributed by atoms with Crippen LogP contribution in [0.5, 0.6) is 0 Å². The molecule has 3 rings (SSSR count). The third-order valence-electron chi connectivity index (χ3n) is 3.84. The van der Waals surface area contributed by atoms with E-state index < -0.39 is 0 Å². The summed E-state index contributed by atoms with van der Waals surface area (Å²) in [5, 5.41) is 10.7. The molecule has 0 unspecified atom stereocenters. The summed E-state index contributed by atoms with van der Waals surface area (Å²) in [5.74, 6) is 0.329. The molecule has 0 fully saturated rings. The van der Waals surface area contributed by atoms with Gasteiger partial charge in [0, 0.05) is 43.0 Å². The standard InChI is InChI=1S/C16H20N4O/c1-12(11-20-8-4-7-18-20)17-10-13-9-16(21)19-15-6-3-2-5-14(13)15/h2-8,12-13,17H,9-11H2,1H3,(H,19,21)/t12-,13+/m1/s1. The predicted molar refractivity (Wildman–Crippen MR) is 82.1 cm³/mol. The molecule has 0 saturated heterocycles. The molecule has 2 N–H and O–H groups in total. The fraction of sp³-hybridized carbons (Fsp3) is 0.375. The van der Waals surface area contributed by atoms with E-state index in [2.05, 4.69) is 28.7 Å². The van der Waals surface area contributed by atoms with E-state index in [1.165, 1.54) is 5.56 Å². The summed E-state index contributed by atoms with van der Waals surface area (Å²) >= 11 is 0. The Bertz CT molecular complexity index is 608. The van der Waals surface area contributed by atoms with E-state index in [4.69, 9.17) is 0 Å². The molecule has 0 aliphatic carbocycles. The van der Waals surface area contributed by atoms with Crippen LogP contribution in [-0.4, -0.2) is 28.3 Å². The van der Waals surface area contributed by atoms with Crippen molar-refractivity contribution in [2.24, 2.45) is 0 Å². The SMILES string of the molecule is C[C@H](Cn1cccn1)NC[C@@H]1CC(=O)Nc2ccccc21. The molecular weight excluding hydrogens is 264 g/mol. The quantitative estimate of drug-likeness (QED) is 0.882. The second-order valence-corrected chi connectivity index (χ2v) is 5.57. The molecule has 5 heteroatoms. The largest absolute Gasteiger partial charge is 0.326 e. The Labute approximate surface area is 124 Å². The first kappa shape index (κ1) is 13.8. The molecule has 110 valence electrons. The number of aromatic nitrogens is 2. The summed E-state index contributed by atoms with van der Waals surface area (Å²) in [6.45, 7) is 3.76. The summed E-state index contributed by atoms with van der Waals surface area (Å²) in [4.78, 5) is 11.8. The van der Waals surface area contributed by atoms with Gasteiger partial charge in [-0.25, -0.2) is 0 Å². The van der Waals surface area contributed by atoms with Crippen molar-refractivity contribution in [1.82, 2.24) is 15.1 Å². The van der Waals surface area contributed by atoms with Gasteiger partial charge in [-0.1, -0.05) is 18.2 Å². The number of hydrogen-bond donors (Lipinski definition) is 2. The minimum Gasteiger partial charge on any atom is -0.326 e. The first-order chi connectivity index (χ1) is 10.2. The van der Waals surface area contributed by atoms with E-state index >= 15 is 0 Å². The normalized spacial score (nSPS) is 18.9. The zero-order valence-electron chi connectivity index (χ0n) is 12.1. The summed E-state index contributed by atoms with van der Waals surface area (Å²) in [6.07, 6.45) is 4.29. The lowest BCUT2D eigenvalue weighted by molar-refractivity contribution is -0.116. The number of benzene rings is 1. The van der Waals surface area contributed by atoms with E-state index in [0.29, 0.717) is 12.5 Å². The highest BCUT2D eigenvalue weighted by Gasteiger charge is 2.24. The molecule has 1 aliphatic rings. The number of hydrogen-bond acceptors (Lipinski definition) is 3. The fourth-order valence-corrected chi connectivity index (χ4v) is 2.78. The molecule has 0 bridgehead atoms. The van der Waals surface area contributed by atoms with Gasteiger partial charge in [-0.05, 0) is 24.6 Å². The third kappa shape index (κ3) is 3.31. The highest BCUT2D eigenvalue weighted by molar-refractivity contribution is 5.94. The average Bonchev–Trinajstić information content (AvgIpc) is 2.97. The first-order valence-corrected chi connectivity index (χ1v) is 7.32. The van der Waals surface area contributed by atoms with Crippen molar-refractivity contribution in [2.45, 2.75) is 31.8 Å². The van der Waals surface area contributed by atoms with Gasteiger partial charge >= 0.3 is 0 Å². The zero-order chi connectivity index (χ0) is 14.7. The highest BCUT2D eigenvalue weighted by atomic mass is 16.1. The van der Waals surface area contributed by atoms with Crippen LogP contribution in [0.1, 0.15) is 24.8 Å². The fourth-order valence-electron chi connectivity index (χ4n) is 2.78. The highest BCUT2D eigenvalue weighted by Crippen LogP contribution is 2.31. The Kier molecular flexibility index (Phi) is 4.01. The van der Waals surface area contributed by atoms with E-state index in [0.717, 1.165) is 18.8 Å². The molecule has 1 amide bonds. The maximum atomic E-state index is 11.8. The van der Waals surface area contributed by atoms with Crippen molar-refractivity contribution in [1.29, 1.82) is 0 Å². The van der Waals surface area contributed by atoms with Gasteiger partial charge in [0.05, 0.1) is 6.54 Å². The van der Waals surface area contributed by atoms with Crippen LogP contribution in [0.2, 0.25) is 0 Å². The molecule has 1 aromatic carbocycles. The monoisotopic (exact) mass is 284 g/mol. The summed E-state index contributed by atoms with van der Waals surface area (Å²) < 4.78 is 1.92. The van der Waals surface area contributed by atoms with Crippen LogP contribution in [-0.2, 0) is 11.3 Å². The number of para-hydroxylation sites is 1. The number of carbonyl (C=O) groups excluding carboxylic acids is 1. The minimum atomic E-state index is 0.0974. The van der Waals surface area contributed by atoms with E-state index in [9.17, 15) is 4.79 Å². The Hall–Kier alpha value is -2.14. The molecule has 21 heavy (non-hydrogen) atoms. The van der Waals surface area contributed by atoms with Gasteiger partial charge in [0.2, 0.25) is 5.91 Å². The molecule has 1 aromatic heterocycles. The summed E-state index contributed by atoms with van der Waals surface area (Å²) in [5.41, 5.74) is 2.16. The number of rotatable bonds is 5. The van der Waals surface area contributed by atoms with Crippen molar-refractivity contribution in [3.63, 3.8) is 0 Å². The van der Waals surface area contributed by atoms with Crippen molar-refractivity contribution < 1.29 is 4.79 Å². The smallest absolute Gasteiger partial charge is 0.225 e. The van der Waals surface area contributed by atoms with Crippen LogP contribution in [0, 0.1) is 0 Å². The van der Waals surface area contributed by atoms with Crippen LogP contribution in [0.4, 0.5) is 5.69 Å². The van der Waals surface area contributed by atoms with E-state index in [1.807, 2.05) is 35.1 Å². The van der Waals surface area contributed by atoms with Crippen LogP contribution in [0.3, 0.4) is 0 Å². The van der Waals surface area contributed by atoms with Crippen molar-refractivity contribution in [2.75, 3.05) is 11.9 Å². The number of carbonyl (C=O) groups is 1. The second kappa shape index (κ2) is 6.10. The first-order valence-electron chi connectivity index (χ1n) is 7.32. The molecule has 0 spiro atoms. The van der Waals surface area contributed by atoms with Gasteiger partial charge in [-0.15, -0.1) is 0 Å². The molecule has 0 radical (unpaired) electrons. The topological polar surface area (TPSA) is 59.0 Å². The van der Waals surface area contributed by atoms with Crippen molar-refractivity contribution in [3.05, 3.63) is 48.3 Å². The molecule has 1 aliphatic heterocycles. The molecule has 2 atom stereocenters. The van der Waals surface area contributed by atoms with Gasteiger partial charge in [0.25, 0.3) is 0 Å². The van der Waals surface area contributed by atoms with Crippen molar-refractivity contribution >= 4 is 11.6 Å². The number of anilines is 1. The molecule has 2 aromatic rings. The van der Waals surface area contributed by atoms with Gasteiger partial charge in [-0.3, -0.25) is 9.48 Å². The van der Waals surface area contributed by atoms with Crippen molar-refractivity contribution in [3.8, 4) is 0 Å². The maximum absolute atomic E-state index is 11.8. The van der Waals surface area contributed by atoms with Gasteiger partial charge in [0.1, 0.15) is 0 Å². The Balaban J connectivity index is 1.61. The summed E-state index contributed by atoms with van der Waals surface area (Å²) in [6, 6.07) is 10.3. The van der Waals surface area contributed by atoms with Gasteiger partial charge < -0.3 is 10.6 Å². The second-order valence-electron chi connectivity index (χ2n) is 5.57. The Morgan fingerprint density at radius 2 is 2.29 bits per heavy atom. The average molecular weight is 284 g/mol. The summed E-state index contributed by atoms with van der Waals surface area (Å²) in [7, 11) is 0.